The lowest BCUT2D eigenvalue weighted by atomic mass is 9.91. The Hall–Kier alpha value is -4.08. The van der Waals surface area contributed by atoms with Gasteiger partial charge in [-0.3, -0.25) is 14.9 Å². The van der Waals surface area contributed by atoms with Crippen LogP contribution in [0.2, 0.25) is 0 Å². The Balaban J connectivity index is 1.61. The minimum atomic E-state index is -0.408. The van der Waals surface area contributed by atoms with E-state index in [1.165, 1.54) is 6.07 Å². The van der Waals surface area contributed by atoms with Crippen molar-refractivity contribution >= 4 is 34.1 Å². The van der Waals surface area contributed by atoms with Crippen LogP contribution in [0.25, 0.3) is 27.9 Å². The molecule has 0 saturated carbocycles. The first-order chi connectivity index (χ1) is 17.2. The monoisotopic (exact) mass is 487 g/mol. The highest BCUT2D eigenvalue weighted by atomic mass is 16.6. The van der Waals surface area contributed by atoms with Gasteiger partial charge in [0.25, 0.3) is 5.69 Å². The van der Waals surface area contributed by atoms with E-state index in [1.54, 1.807) is 18.2 Å². The number of fused-ring (bicyclic) bond motifs is 3. The molecular formula is C26H29N7O3. The van der Waals surface area contributed by atoms with Gasteiger partial charge in [0.1, 0.15) is 0 Å². The average Bonchev–Trinajstić information content (AvgIpc) is 3.13. The van der Waals surface area contributed by atoms with Crippen LogP contribution in [-0.2, 0) is 4.79 Å². The van der Waals surface area contributed by atoms with Gasteiger partial charge < -0.3 is 9.80 Å². The lowest BCUT2D eigenvalue weighted by Gasteiger charge is -2.26. The van der Waals surface area contributed by atoms with Gasteiger partial charge in [-0.1, -0.05) is 45.0 Å². The SMILES string of the molecule is CC(C)(C)CC(=O)N1CCCN(c2nc3ccccc3c3nnc(-c4ccccc4[N+](=O)[O-])n23)CC1. The Kier molecular flexibility index (Phi) is 6.03. The van der Waals surface area contributed by atoms with Crippen molar-refractivity contribution in [2.45, 2.75) is 33.6 Å². The molecular weight excluding hydrogens is 458 g/mol. The minimum Gasteiger partial charge on any atom is -0.341 e. The molecule has 0 N–H and O–H groups in total. The zero-order chi connectivity index (χ0) is 25.4. The predicted molar refractivity (Wildman–Crippen MR) is 138 cm³/mol. The molecule has 3 heterocycles. The number of para-hydroxylation sites is 2. The Morgan fingerprint density at radius 1 is 1.00 bits per heavy atom. The van der Waals surface area contributed by atoms with Crippen LogP contribution >= 0.6 is 0 Å². The number of anilines is 1. The highest BCUT2D eigenvalue weighted by molar-refractivity contribution is 5.93. The van der Waals surface area contributed by atoms with Gasteiger partial charge >= 0.3 is 0 Å². The minimum absolute atomic E-state index is 0.0410. The molecule has 1 fully saturated rings. The molecule has 186 valence electrons. The smallest absolute Gasteiger partial charge is 0.280 e. The summed E-state index contributed by atoms with van der Waals surface area (Å²) in [4.78, 5) is 33.3. The maximum atomic E-state index is 12.9. The molecule has 10 heteroatoms. The van der Waals surface area contributed by atoms with Crippen LogP contribution in [-0.4, -0.2) is 61.5 Å². The fourth-order valence-corrected chi connectivity index (χ4v) is 4.71. The van der Waals surface area contributed by atoms with Crippen LogP contribution in [0.1, 0.15) is 33.6 Å². The predicted octanol–water partition coefficient (Wildman–Crippen LogP) is 4.33. The molecule has 2 aromatic heterocycles. The fraction of sp³-hybridized carbons (Fsp3) is 0.385. The third-order valence-electron chi connectivity index (χ3n) is 6.38. The van der Waals surface area contributed by atoms with Crippen molar-refractivity contribution in [3.8, 4) is 11.4 Å². The Labute approximate surface area is 208 Å². The zero-order valence-corrected chi connectivity index (χ0v) is 20.7. The van der Waals surface area contributed by atoms with E-state index >= 15 is 0 Å². The Bertz CT molecular complexity index is 1460. The standard InChI is InChI=1S/C26H29N7O3/c1-26(2,3)17-22(34)30-13-8-14-31(16-15-30)25-27-20-11-6-4-9-18(20)23-28-29-24(32(23)25)19-10-5-7-12-21(19)33(35)36/h4-7,9-12H,8,13-17H2,1-3H3. The van der Waals surface area contributed by atoms with Gasteiger partial charge in [-0.05, 0) is 30.0 Å². The molecule has 1 saturated heterocycles. The number of carbonyl (C=O) groups is 1. The lowest BCUT2D eigenvalue weighted by molar-refractivity contribution is -0.384. The van der Waals surface area contributed by atoms with Gasteiger partial charge in [0.05, 0.1) is 16.0 Å². The van der Waals surface area contributed by atoms with E-state index in [4.69, 9.17) is 4.98 Å². The molecule has 1 amide bonds. The summed E-state index contributed by atoms with van der Waals surface area (Å²) in [6, 6.07) is 14.2. The number of aromatic nitrogens is 4. The van der Waals surface area contributed by atoms with Crippen LogP contribution in [0.4, 0.5) is 11.6 Å². The average molecular weight is 488 g/mol. The van der Waals surface area contributed by atoms with Crippen LogP contribution in [0.5, 0.6) is 0 Å². The quantitative estimate of drug-likeness (QED) is 0.311. The molecule has 0 radical (unpaired) electrons. The molecule has 0 spiro atoms. The number of rotatable bonds is 4. The number of carbonyl (C=O) groups excluding carboxylic acids is 1. The summed E-state index contributed by atoms with van der Waals surface area (Å²) >= 11 is 0. The number of nitro groups is 1. The molecule has 0 unspecified atom stereocenters. The third-order valence-corrected chi connectivity index (χ3v) is 6.38. The molecule has 0 atom stereocenters. The first kappa shape index (κ1) is 23.7. The highest BCUT2D eigenvalue weighted by Gasteiger charge is 2.28. The van der Waals surface area contributed by atoms with Crippen molar-refractivity contribution < 1.29 is 9.72 Å². The first-order valence-corrected chi connectivity index (χ1v) is 12.1. The van der Waals surface area contributed by atoms with Gasteiger partial charge in [-0.2, -0.15) is 0 Å². The molecule has 2 aromatic carbocycles. The maximum Gasteiger partial charge on any atom is 0.280 e. The van der Waals surface area contributed by atoms with Crippen LogP contribution in [0.15, 0.2) is 48.5 Å². The second-order valence-electron chi connectivity index (χ2n) is 10.3. The van der Waals surface area contributed by atoms with Gasteiger partial charge in [-0.25, -0.2) is 9.38 Å². The highest BCUT2D eigenvalue weighted by Crippen LogP contribution is 2.33. The number of nitro benzene ring substituents is 1. The van der Waals surface area contributed by atoms with E-state index in [2.05, 4.69) is 35.9 Å². The summed E-state index contributed by atoms with van der Waals surface area (Å²) in [6.45, 7) is 8.75. The van der Waals surface area contributed by atoms with Crippen molar-refractivity contribution in [1.29, 1.82) is 0 Å². The Morgan fingerprint density at radius 2 is 1.75 bits per heavy atom. The van der Waals surface area contributed by atoms with Gasteiger partial charge in [0, 0.05) is 44.1 Å². The number of benzene rings is 2. The van der Waals surface area contributed by atoms with Crippen molar-refractivity contribution in [2.24, 2.45) is 5.41 Å². The number of hydrogen-bond donors (Lipinski definition) is 0. The normalized spacial score (nSPS) is 14.9. The lowest BCUT2D eigenvalue weighted by Crippen LogP contribution is -2.37. The van der Waals surface area contributed by atoms with Gasteiger partial charge in [-0.15, -0.1) is 10.2 Å². The molecule has 10 nitrogen and oxygen atoms in total. The van der Waals surface area contributed by atoms with E-state index in [-0.39, 0.29) is 17.0 Å². The molecule has 0 bridgehead atoms. The molecule has 0 aliphatic carbocycles. The third kappa shape index (κ3) is 4.46. The topological polar surface area (TPSA) is 110 Å². The van der Waals surface area contributed by atoms with E-state index in [9.17, 15) is 14.9 Å². The van der Waals surface area contributed by atoms with E-state index < -0.39 is 4.92 Å². The van der Waals surface area contributed by atoms with E-state index in [0.29, 0.717) is 55.6 Å². The molecule has 1 aliphatic heterocycles. The summed E-state index contributed by atoms with van der Waals surface area (Å²) < 4.78 is 1.82. The van der Waals surface area contributed by atoms with Crippen LogP contribution in [0, 0.1) is 15.5 Å². The summed E-state index contributed by atoms with van der Waals surface area (Å²) in [5, 5.41) is 21.4. The fourth-order valence-electron chi connectivity index (χ4n) is 4.71. The molecule has 1 aliphatic rings. The molecule has 4 aromatic rings. The first-order valence-electron chi connectivity index (χ1n) is 12.1. The summed E-state index contributed by atoms with van der Waals surface area (Å²) in [6.07, 6.45) is 1.29. The summed E-state index contributed by atoms with van der Waals surface area (Å²) in [7, 11) is 0. The van der Waals surface area contributed by atoms with E-state index in [1.807, 2.05) is 33.6 Å². The number of amides is 1. The van der Waals surface area contributed by atoms with Gasteiger partial charge in [0.15, 0.2) is 11.5 Å². The van der Waals surface area contributed by atoms with Crippen molar-refractivity contribution in [3.63, 3.8) is 0 Å². The number of hydrogen-bond acceptors (Lipinski definition) is 7. The van der Waals surface area contributed by atoms with E-state index in [0.717, 1.165) is 17.3 Å². The molecule has 5 rings (SSSR count). The maximum absolute atomic E-state index is 12.9. The van der Waals surface area contributed by atoms with Crippen LogP contribution < -0.4 is 4.90 Å². The van der Waals surface area contributed by atoms with Gasteiger partial charge in [0.2, 0.25) is 11.9 Å². The van der Waals surface area contributed by atoms with Crippen molar-refractivity contribution in [2.75, 3.05) is 31.1 Å². The zero-order valence-electron chi connectivity index (χ0n) is 20.7. The largest absolute Gasteiger partial charge is 0.341 e. The van der Waals surface area contributed by atoms with Crippen molar-refractivity contribution in [1.82, 2.24) is 24.5 Å². The second-order valence-corrected chi connectivity index (χ2v) is 10.3. The summed E-state index contributed by atoms with van der Waals surface area (Å²) in [5.41, 5.74) is 1.63. The van der Waals surface area contributed by atoms with Crippen LogP contribution in [0.3, 0.4) is 0 Å². The van der Waals surface area contributed by atoms with Crippen molar-refractivity contribution in [3.05, 3.63) is 58.6 Å². The summed E-state index contributed by atoms with van der Waals surface area (Å²) in [5.74, 6) is 1.15. The molecule has 36 heavy (non-hydrogen) atoms. The Morgan fingerprint density at radius 3 is 2.53 bits per heavy atom. The second kappa shape index (κ2) is 9.18. The number of nitrogens with zero attached hydrogens (tertiary/aromatic N) is 7.